The fourth-order valence-corrected chi connectivity index (χ4v) is 4.16. The van der Waals surface area contributed by atoms with E-state index >= 15 is 0 Å². The zero-order valence-electron chi connectivity index (χ0n) is 19.2. The summed E-state index contributed by atoms with van der Waals surface area (Å²) in [7, 11) is 1.20. The molecule has 0 aliphatic heterocycles. The smallest absolute Gasteiger partial charge is 0.367 e. The highest BCUT2D eigenvalue weighted by Gasteiger charge is 2.33. The number of hydrogen-bond donors (Lipinski definition) is 3. The summed E-state index contributed by atoms with van der Waals surface area (Å²) >= 11 is -2.49. The summed E-state index contributed by atoms with van der Waals surface area (Å²) in [5, 5.41) is 5.59. The summed E-state index contributed by atoms with van der Waals surface area (Å²) in [4.78, 5) is 16.1. The SMILES string of the molecule is C#Cc1cc(CNC(=O)C=Cc2ccc(C(F)(F)F)nc2NC2CCCC2)cc(F)c1N(C)S(=O)O. The molecule has 1 heterocycles. The molecule has 192 valence electrons. The van der Waals surface area contributed by atoms with Gasteiger partial charge in [-0.2, -0.15) is 13.2 Å². The Bertz CT molecular complexity index is 1220. The zero-order chi connectivity index (χ0) is 26.5. The number of benzene rings is 1. The molecule has 12 heteroatoms. The van der Waals surface area contributed by atoms with Crippen LogP contribution in [0, 0.1) is 18.2 Å². The Balaban J connectivity index is 1.74. The second-order valence-electron chi connectivity index (χ2n) is 8.16. The largest absolute Gasteiger partial charge is 0.433 e. The second-order valence-corrected chi connectivity index (χ2v) is 9.16. The van der Waals surface area contributed by atoms with Gasteiger partial charge in [0.25, 0.3) is 11.3 Å². The Morgan fingerprint density at radius 2 is 2.03 bits per heavy atom. The molecule has 1 saturated carbocycles. The lowest BCUT2D eigenvalue weighted by molar-refractivity contribution is -0.141. The molecule has 1 aromatic heterocycles. The van der Waals surface area contributed by atoms with Crippen LogP contribution in [0.2, 0.25) is 0 Å². The number of carbonyl (C=O) groups excluding carboxylic acids is 1. The lowest BCUT2D eigenvalue weighted by Gasteiger charge is -2.18. The van der Waals surface area contributed by atoms with Gasteiger partial charge in [0.15, 0.2) is 0 Å². The lowest BCUT2D eigenvalue weighted by atomic mass is 10.1. The highest BCUT2D eigenvalue weighted by molar-refractivity contribution is 7.80. The maximum atomic E-state index is 14.5. The van der Waals surface area contributed by atoms with E-state index in [1.165, 1.54) is 25.3 Å². The van der Waals surface area contributed by atoms with Gasteiger partial charge in [0.2, 0.25) is 5.91 Å². The molecule has 3 N–H and O–H groups in total. The van der Waals surface area contributed by atoms with Crippen LogP contribution in [-0.4, -0.2) is 32.7 Å². The molecule has 36 heavy (non-hydrogen) atoms. The summed E-state index contributed by atoms with van der Waals surface area (Å²) in [5.41, 5.74) is -0.614. The summed E-state index contributed by atoms with van der Waals surface area (Å²) < 4.78 is 75.2. The van der Waals surface area contributed by atoms with Crippen LogP contribution in [0.3, 0.4) is 0 Å². The summed E-state index contributed by atoms with van der Waals surface area (Å²) in [6, 6.07) is 4.57. The average Bonchev–Trinajstić information content (AvgIpc) is 3.33. The number of alkyl halides is 3. The number of pyridine rings is 1. The van der Waals surface area contributed by atoms with E-state index in [2.05, 4.69) is 21.5 Å². The van der Waals surface area contributed by atoms with Crippen molar-refractivity contribution in [2.45, 2.75) is 44.4 Å². The number of carbonyl (C=O) groups is 1. The summed E-state index contributed by atoms with van der Waals surface area (Å²) in [6.45, 7) is -0.112. The average molecular weight is 525 g/mol. The molecule has 1 aliphatic rings. The third-order valence-electron chi connectivity index (χ3n) is 5.62. The minimum atomic E-state index is -4.60. The van der Waals surface area contributed by atoms with Crippen LogP contribution in [0.25, 0.3) is 6.08 Å². The van der Waals surface area contributed by atoms with Gasteiger partial charge < -0.3 is 10.6 Å². The quantitative estimate of drug-likeness (QED) is 0.205. The molecule has 1 unspecified atom stereocenters. The number of nitrogens with one attached hydrogen (secondary N) is 2. The molecule has 0 radical (unpaired) electrons. The van der Waals surface area contributed by atoms with Gasteiger partial charge in [0, 0.05) is 31.3 Å². The van der Waals surface area contributed by atoms with Crippen LogP contribution in [-0.2, 0) is 28.8 Å². The van der Waals surface area contributed by atoms with E-state index in [0.717, 1.165) is 48.2 Å². The van der Waals surface area contributed by atoms with Crippen molar-refractivity contribution >= 4 is 34.8 Å². The first-order valence-corrected chi connectivity index (χ1v) is 12.0. The second kappa shape index (κ2) is 11.5. The first-order chi connectivity index (χ1) is 17.0. The Labute approximate surface area is 208 Å². The minimum Gasteiger partial charge on any atom is -0.367 e. The third-order valence-corrected chi connectivity index (χ3v) is 6.27. The van der Waals surface area contributed by atoms with Crippen LogP contribution >= 0.6 is 0 Å². The van der Waals surface area contributed by atoms with E-state index in [9.17, 15) is 31.1 Å². The molecular weight excluding hydrogens is 500 g/mol. The van der Waals surface area contributed by atoms with Crippen molar-refractivity contribution in [2.24, 2.45) is 0 Å². The number of rotatable bonds is 8. The van der Waals surface area contributed by atoms with Gasteiger partial charge in [-0.05, 0) is 48.7 Å². The summed E-state index contributed by atoms with van der Waals surface area (Å²) in [6.07, 6.45) is 6.87. The monoisotopic (exact) mass is 524 g/mol. The molecule has 7 nitrogen and oxygen atoms in total. The van der Waals surface area contributed by atoms with E-state index in [0.29, 0.717) is 11.1 Å². The van der Waals surface area contributed by atoms with E-state index in [1.54, 1.807) is 0 Å². The van der Waals surface area contributed by atoms with Crippen LogP contribution in [0.15, 0.2) is 30.3 Å². The number of halogens is 4. The van der Waals surface area contributed by atoms with Gasteiger partial charge in [0.05, 0.1) is 5.56 Å². The molecule has 1 aliphatic carbocycles. The molecule has 0 bridgehead atoms. The van der Waals surface area contributed by atoms with Gasteiger partial charge in [-0.25, -0.2) is 13.6 Å². The maximum Gasteiger partial charge on any atom is 0.433 e. The molecule has 1 amide bonds. The van der Waals surface area contributed by atoms with Crippen molar-refractivity contribution in [3.05, 3.63) is 58.5 Å². The third kappa shape index (κ3) is 6.83. The van der Waals surface area contributed by atoms with Crippen molar-refractivity contribution in [1.82, 2.24) is 10.3 Å². The van der Waals surface area contributed by atoms with E-state index < -0.39 is 34.9 Å². The zero-order valence-corrected chi connectivity index (χ0v) is 20.0. The molecular formula is C24H24F4N4O3S. The van der Waals surface area contributed by atoms with Gasteiger partial charge in [-0.1, -0.05) is 18.8 Å². The normalized spacial score (nSPS) is 15.0. The van der Waals surface area contributed by atoms with Crippen LogP contribution in [0.5, 0.6) is 0 Å². The Morgan fingerprint density at radius 3 is 2.64 bits per heavy atom. The number of anilines is 2. The van der Waals surface area contributed by atoms with E-state index in [1.807, 2.05) is 0 Å². The molecule has 3 rings (SSSR count). The molecule has 2 aromatic rings. The number of terminal acetylenes is 1. The van der Waals surface area contributed by atoms with Gasteiger partial charge in [0.1, 0.15) is 23.0 Å². The lowest BCUT2D eigenvalue weighted by Crippen LogP contribution is -2.23. The highest BCUT2D eigenvalue weighted by Crippen LogP contribution is 2.31. The fourth-order valence-electron chi connectivity index (χ4n) is 3.82. The van der Waals surface area contributed by atoms with Crippen LogP contribution in [0.4, 0.5) is 29.1 Å². The summed E-state index contributed by atoms with van der Waals surface area (Å²) in [5.74, 6) is 0.873. The van der Waals surface area contributed by atoms with Crippen LogP contribution < -0.4 is 14.9 Å². The Kier molecular flexibility index (Phi) is 8.70. The van der Waals surface area contributed by atoms with Crippen molar-refractivity contribution in [3.63, 3.8) is 0 Å². The predicted molar refractivity (Wildman–Crippen MR) is 130 cm³/mol. The van der Waals surface area contributed by atoms with Gasteiger partial charge in [-0.15, -0.1) is 6.42 Å². The van der Waals surface area contributed by atoms with Gasteiger partial charge in [-0.3, -0.25) is 13.7 Å². The fraction of sp³-hybridized carbons (Fsp3) is 0.333. The van der Waals surface area contributed by atoms with Crippen molar-refractivity contribution in [3.8, 4) is 12.3 Å². The molecule has 1 fully saturated rings. The number of nitrogens with zero attached hydrogens (tertiary/aromatic N) is 2. The predicted octanol–water partition coefficient (Wildman–Crippen LogP) is 4.48. The maximum absolute atomic E-state index is 14.5. The minimum absolute atomic E-state index is 0.00693. The first-order valence-electron chi connectivity index (χ1n) is 10.9. The molecule has 0 saturated heterocycles. The van der Waals surface area contributed by atoms with E-state index in [4.69, 9.17) is 6.42 Å². The standard InChI is InChI=1S/C24H24F4N4O3S/c1-3-16-12-15(13-19(25)22(16)32(2)36(34)35)14-29-21(33)11-9-17-8-10-20(24(26,27)28)31-23(17)30-18-6-4-5-7-18/h1,8-13,18H,4-7,14H2,2H3,(H,29,33)(H,30,31)(H,34,35). The molecule has 1 aromatic carbocycles. The van der Waals surface area contributed by atoms with Crippen molar-refractivity contribution < 1.29 is 31.1 Å². The topological polar surface area (TPSA) is 94.6 Å². The first kappa shape index (κ1) is 27.2. The molecule has 0 spiro atoms. The van der Waals surface area contributed by atoms with Crippen molar-refractivity contribution in [1.29, 1.82) is 0 Å². The number of aromatic nitrogens is 1. The number of hydrogen-bond acceptors (Lipinski definition) is 4. The number of amides is 1. The highest BCUT2D eigenvalue weighted by atomic mass is 32.2. The van der Waals surface area contributed by atoms with Crippen molar-refractivity contribution in [2.75, 3.05) is 16.7 Å². The Hall–Kier alpha value is -3.43. The van der Waals surface area contributed by atoms with E-state index in [-0.39, 0.29) is 29.7 Å². The molecule has 1 atom stereocenters. The van der Waals surface area contributed by atoms with Crippen LogP contribution in [0.1, 0.15) is 48.1 Å². The Morgan fingerprint density at radius 1 is 1.33 bits per heavy atom. The van der Waals surface area contributed by atoms with Gasteiger partial charge >= 0.3 is 6.18 Å².